The van der Waals surface area contributed by atoms with E-state index in [9.17, 15) is 22.0 Å². The van der Waals surface area contributed by atoms with Crippen molar-refractivity contribution in [1.82, 2.24) is 9.21 Å². The summed E-state index contributed by atoms with van der Waals surface area (Å²) >= 11 is 0. The van der Waals surface area contributed by atoms with Crippen molar-refractivity contribution in [3.05, 3.63) is 52.1 Å². The lowest BCUT2D eigenvalue weighted by Crippen LogP contribution is -2.50. The average Bonchev–Trinajstić information content (AvgIpc) is 2.77. The van der Waals surface area contributed by atoms with Crippen molar-refractivity contribution in [3.63, 3.8) is 0 Å². The number of rotatable bonds is 6. The number of carbonyl (C=O) groups excluding carboxylic acids is 1. The van der Waals surface area contributed by atoms with Gasteiger partial charge in [0.2, 0.25) is 10.0 Å². The minimum Gasteiger partial charge on any atom is -0.493 e. The first-order valence-electron chi connectivity index (χ1n) is 10.5. The van der Waals surface area contributed by atoms with Gasteiger partial charge >= 0.3 is 6.61 Å². The van der Waals surface area contributed by atoms with E-state index in [4.69, 9.17) is 4.74 Å². The molecule has 2 aromatic rings. The molecule has 0 unspecified atom stereocenters. The first-order valence-corrected chi connectivity index (χ1v) is 11.9. The molecule has 180 valence electrons. The zero-order chi connectivity index (χ0) is 24.5. The zero-order valence-corrected chi connectivity index (χ0v) is 20.1. The highest BCUT2D eigenvalue weighted by molar-refractivity contribution is 7.89. The summed E-state index contributed by atoms with van der Waals surface area (Å²) in [5.74, 6) is -0.491. The van der Waals surface area contributed by atoms with Crippen LogP contribution < -0.4 is 9.47 Å². The number of piperazine rings is 1. The van der Waals surface area contributed by atoms with Gasteiger partial charge in [-0.2, -0.15) is 13.1 Å². The Balaban J connectivity index is 1.77. The SMILES string of the molecule is COc1cc(C(=O)N2CCN(S(=O)(=O)c3c(C)c(C)cc(C)c3C)CC2)ccc1OC(F)F. The van der Waals surface area contributed by atoms with Crippen molar-refractivity contribution in [2.75, 3.05) is 33.3 Å². The molecule has 2 aromatic carbocycles. The van der Waals surface area contributed by atoms with Crippen molar-refractivity contribution in [2.24, 2.45) is 0 Å². The van der Waals surface area contributed by atoms with Crippen molar-refractivity contribution < 1.29 is 31.5 Å². The van der Waals surface area contributed by atoms with E-state index in [1.807, 2.05) is 33.8 Å². The summed E-state index contributed by atoms with van der Waals surface area (Å²) in [6.45, 7) is 5.11. The number of benzene rings is 2. The maximum atomic E-state index is 13.4. The number of carbonyl (C=O) groups is 1. The Morgan fingerprint density at radius 1 is 0.939 bits per heavy atom. The fraction of sp³-hybridized carbons (Fsp3) is 0.435. The van der Waals surface area contributed by atoms with E-state index in [1.165, 1.54) is 34.5 Å². The van der Waals surface area contributed by atoms with Crippen molar-refractivity contribution in [3.8, 4) is 11.5 Å². The molecule has 0 atom stereocenters. The molecule has 1 fully saturated rings. The lowest BCUT2D eigenvalue weighted by molar-refractivity contribution is -0.0512. The molecule has 0 aromatic heterocycles. The van der Waals surface area contributed by atoms with Crippen LogP contribution in [0.1, 0.15) is 32.6 Å². The van der Waals surface area contributed by atoms with E-state index in [0.717, 1.165) is 22.3 Å². The zero-order valence-electron chi connectivity index (χ0n) is 19.3. The molecule has 1 heterocycles. The number of hydrogen-bond acceptors (Lipinski definition) is 5. The van der Waals surface area contributed by atoms with Gasteiger partial charge in [0.05, 0.1) is 12.0 Å². The quantitative estimate of drug-likeness (QED) is 0.628. The number of methoxy groups -OCH3 is 1. The van der Waals surface area contributed by atoms with Crippen LogP contribution in [0.25, 0.3) is 0 Å². The van der Waals surface area contributed by atoms with Gasteiger partial charge in [0.15, 0.2) is 11.5 Å². The van der Waals surface area contributed by atoms with E-state index in [-0.39, 0.29) is 49.1 Å². The van der Waals surface area contributed by atoms with Crippen LogP contribution in [0.4, 0.5) is 8.78 Å². The molecule has 0 saturated carbocycles. The third-order valence-electron chi connectivity index (χ3n) is 6.05. The van der Waals surface area contributed by atoms with E-state index < -0.39 is 16.6 Å². The maximum absolute atomic E-state index is 13.4. The summed E-state index contributed by atoms with van der Waals surface area (Å²) in [5, 5.41) is 0. The number of aryl methyl sites for hydroxylation is 2. The molecule has 1 aliphatic heterocycles. The number of ether oxygens (including phenoxy) is 2. The standard InChI is InChI=1S/C23H28F2N2O5S/c1-14-12-15(2)17(4)21(16(14)3)33(29,30)27-10-8-26(9-11-27)22(28)18-6-7-19(32-23(24)25)20(13-18)31-5/h6-7,12-13,23H,8-11H2,1-5H3. The Hall–Kier alpha value is -2.72. The van der Waals surface area contributed by atoms with Crippen LogP contribution in [0.5, 0.6) is 11.5 Å². The number of halogens is 2. The van der Waals surface area contributed by atoms with Gasteiger partial charge in [-0.1, -0.05) is 6.07 Å². The van der Waals surface area contributed by atoms with Crippen molar-refractivity contribution >= 4 is 15.9 Å². The fourth-order valence-corrected chi connectivity index (χ4v) is 6.00. The monoisotopic (exact) mass is 482 g/mol. The van der Waals surface area contributed by atoms with Gasteiger partial charge in [0, 0.05) is 31.7 Å². The van der Waals surface area contributed by atoms with Crippen LogP contribution in [0.2, 0.25) is 0 Å². The Kier molecular flexibility index (Phi) is 7.28. The second-order valence-corrected chi connectivity index (χ2v) is 9.90. The van der Waals surface area contributed by atoms with Crippen LogP contribution in [0.3, 0.4) is 0 Å². The highest BCUT2D eigenvalue weighted by Gasteiger charge is 2.33. The topological polar surface area (TPSA) is 76.2 Å². The molecule has 3 rings (SSSR count). The van der Waals surface area contributed by atoms with E-state index in [0.29, 0.717) is 4.90 Å². The molecular formula is C23H28F2N2O5S. The smallest absolute Gasteiger partial charge is 0.387 e. The van der Waals surface area contributed by atoms with Crippen molar-refractivity contribution in [1.29, 1.82) is 0 Å². The third-order valence-corrected chi connectivity index (χ3v) is 8.22. The molecule has 7 nitrogen and oxygen atoms in total. The van der Waals surface area contributed by atoms with Gasteiger partial charge in [-0.3, -0.25) is 4.79 Å². The van der Waals surface area contributed by atoms with Gasteiger partial charge in [0.1, 0.15) is 0 Å². The first-order chi connectivity index (χ1) is 15.5. The molecule has 0 spiro atoms. The highest BCUT2D eigenvalue weighted by atomic mass is 32.2. The second-order valence-electron chi connectivity index (χ2n) is 8.03. The Morgan fingerprint density at radius 2 is 1.52 bits per heavy atom. The Labute approximate surface area is 192 Å². The van der Waals surface area contributed by atoms with Crippen LogP contribution in [-0.4, -0.2) is 63.4 Å². The second kappa shape index (κ2) is 9.64. The van der Waals surface area contributed by atoms with Gasteiger partial charge in [-0.15, -0.1) is 0 Å². The number of amides is 1. The molecule has 33 heavy (non-hydrogen) atoms. The summed E-state index contributed by atoms with van der Waals surface area (Å²) in [6.07, 6.45) is 0. The summed E-state index contributed by atoms with van der Waals surface area (Å²) in [4.78, 5) is 14.8. The molecule has 0 aliphatic carbocycles. The van der Waals surface area contributed by atoms with Gasteiger partial charge < -0.3 is 14.4 Å². The summed E-state index contributed by atoms with van der Waals surface area (Å²) in [6, 6.07) is 5.95. The van der Waals surface area contributed by atoms with E-state index >= 15 is 0 Å². The van der Waals surface area contributed by atoms with Crippen LogP contribution >= 0.6 is 0 Å². The van der Waals surface area contributed by atoms with Gasteiger partial charge in [-0.05, 0) is 68.1 Å². The fourth-order valence-electron chi connectivity index (χ4n) is 4.00. The van der Waals surface area contributed by atoms with Crippen LogP contribution in [-0.2, 0) is 10.0 Å². The molecule has 0 radical (unpaired) electrons. The molecule has 10 heteroatoms. The third kappa shape index (κ3) is 4.96. The summed E-state index contributed by atoms with van der Waals surface area (Å²) < 4.78 is 62.8. The predicted molar refractivity (Wildman–Crippen MR) is 120 cm³/mol. The lowest BCUT2D eigenvalue weighted by atomic mass is 10.0. The summed E-state index contributed by atoms with van der Waals surface area (Å²) in [5.41, 5.74) is 3.53. The van der Waals surface area contributed by atoms with E-state index in [2.05, 4.69) is 4.74 Å². The maximum Gasteiger partial charge on any atom is 0.387 e. The average molecular weight is 483 g/mol. The molecule has 1 aliphatic rings. The normalized spacial score (nSPS) is 15.1. The number of alkyl halides is 2. The lowest BCUT2D eigenvalue weighted by Gasteiger charge is -2.35. The highest BCUT2D eigenvalue weighted by Crippen LogP contribution is 2.31. The van der Waals surface area contributed by atoms with Gasteiger partial charge in [-0.25, -0.2) is 8.42 Å². The number of nitrogens with zero attached hydrogens (tertiary/aromatic N) is 2. The molecule has 0 N–H and O–H groups in total. The Bertz CT molecular complexity index is 1130. The first kappa shape index (κ1) is 24.9. The number of hydrogen-bond donors (Lipinski definition) is 0. The molecule has 1 amide bonds. The van der Waals surface area contributed by atoms with Gasteiger partial charge in [0.25, 0.3) is 5.91 Å². The summed E-state index contributed by atoms with van der Waals surface area (Å²) in [7, 11) is -2.43. The van der Waals surface area contributed by atoms with E-state index in [1.54, 1.807) is 0 Å². The minimum atomic E-state index is -3.72. The van der Waals surface area contributed by atoms with Crippen LogP contribution in [0.15, 0.2) is 29.2 Å². The molecule has 1 saturated heterocycles. The van der Waals surface area contributed by atoms with Crippen molar-refractivity contribution in [2.45, 2.75) is 39.2 Å². The molecule has 0 bridgehead atoms. The minimum absolute atomic E-state index is 0.0168. The molecular weight excluding hydrogens is 454 g/mol. The van der Waals surface area contributed by atoms with Crippen LogP contribution in [0, 0.1) is 27.7 Å². The Morgan fingerprint density at radius 3 is 2.03 bits per heavy atom. The largest absolute Gasteiger partial charge is 0.493 e. The predicted octanol–water partition coefficient (Wildman–Crippen LogP) is 3.68. The number of sulfonamides is 1.